The molecular weight excluding hydrogens is 927 g/mol. The molecular formula is C55H63N11O7. The van der Waals surface area contributed by atoms with Crippen LogP contribution in [0, 0.1) is 5.41 Å². The van der Waals surface area contributed by atoms with Gasteiger partial charge in [0.25, 0.3) is 23.3 Å². The summed E-state index contributed by atoms with van der Waals surface area (Å²) in [5.74, 6) is -0.564. The van der Waals surface area contributed by atoms with Gasteiger partial charge in [-0.15, -0.1) is 0 Å². The van der Waals surface area contributed by atoms with E-state index in [4.69, 9.17) is 9.72 Å². The van der Waals surface area contributed by atoms with Gasteiger partial charge in [0.2, 0.25) is 5.91 Å². The van der Waals surface area contributed by atoms with Crippen LogP contribution in [0.2, 0.25) is 0 Å². The largest absolute Gasteiger partial charge is 0.392 e. The molecule has 1 aliphatic carbocycles. The predicted molar refractivity (Wildman–Crippen MR) is 279 cm³/mol. The summed E-state index contributed by atoms with van der Waals surface area (Å²) >= 11 is 0. The molecule has 3 fully saturated rings. The SMILES string of the molecule is C=CC(=O)Nc1cc(Nc2nc(-c3ccnc(N4CCn5c(cc6c5CC(C)(C)C6)C4=O)c3CO)cn(C)c2=O)ccc1N1CCN(C2CCN(c3cccc4c3C(=O)N(C3CCOCC3)C4=O)CC2)CC1C. The van der Waals surface area contributed by atoms with E-state index in [2.05, 4.69) is 62.2 Å². The highest BCUT2D eigenvalue weighted by Crippen LogP contribution is 2.41. The van der Waals surface area contributed by atoms with E-state index >= 15 is 0 Å². The number of pyridine rings is 1. The molecule has 0 spiro atoms. The van der Waals surface area contributed by atoms with E-state index < -0.39 is 12.2 Å². The molecule has 3 N–H and O–H groups in total. The van der Waals surface area contributed by atoms with Gasteiger partial charge >= 0.3 is 0 Å². The van der Waals surface area contributed by atoms with Gasteiger partial charge in [-0.25, -0.2) is 9.97 Å². The molecule has 1 unspecified atom stereocenters. The van der Waals surface area contributed by atoms with Gasteiger partial charge in [-0.3, -0.25) is 38.7 Å². The van der Waals surface area contributed by atoms with E-state index in [-0.39, 0.29) is 46.9 Å². The molecule has 3 aromatic heterocycles. The maximum Gasteiger partial charge on any atom is 0.293 e. The summed E-state index contributed by atoms with van der Waals surface area (Å²) in [5, 5.41) is 17.1. The molecule has 2 aromatic carbocycles. The zero-order chi connectivity index (χ0) is 50.9. The number of anilines is 6. The van der Waals surface area contributed by atoms with Crippen LogP contribution in [0.1, 0.15) is 94.5 Å². The van der Waals surface area contributed by atoms with Crippen molar-refractivity contribution >= 4 is 58.0 Å². The summed E-state index contributed by atoms with van der Waals surface area (Å²) in [6.07, 6.45) is 9.40. The number of aliphatic hydroxyl groups is 1. The lowest BCUT2D eigenvalue weighted by Gasteiger charge is -2.47. The summed E-state index contributed by atoms with van der Waals surface area (Å²) < 4.78 is 9.07. The first-order chi connectivity index (χ1) is 35.2. The summed E-state index contributed by atoms with van der Waals surface area (Å²) in [7, 11) is 1.63. The lowest BCUT2D eigenvalue weighted by atomic mass is 9.90. The Hall–Kier alpha value is -7.15. The molecule has 5 aromatic rings. The normalized spacial score (nSPS) is 20.3. The van der Waals surface area contributed by atoms with Gasteiger partial charge in [0.1, 0.15) is 11.5 Å². The first-order valence-electron chi connectivity index (χ1n) is 25.6. The number of amides is 4. The van der Waals surface area contributed by atoms with Gasteiger partial charge in [0, 0.05) is 119 Å². The fourth-order valence-electron chi connectivity index (χ4n) is 12.3. The first-order valence-corrected chi connectivity index (χ1v) is 25.6. The van der Waals surface area contributed by atoms with E-state index in [0.29, 0.717) is 103 Å². The number of fused-ring (bicyclic) bond motifs is 4. The number of hydrogen-bond donors (Lipinski definition) is 3. The van der Waals surface area contributed by atoms with E-state index in [1.165, 1.54) is 26.8 Å². The van der Waals surface area contributed by atoms with Crippen LogP contribution in [0.4, 0.5) is 34.4 Å². The summed E-state index contributed by atoms with van der Waals surface area (Å²) in [5.41, 5.74) is 7.92. The topological polar surface area (TPSA) is 191 Å². The van der Waals surface area contributed by atoms with Crippen LogP contribution >= 0.6 is 0 Å². The molecule has 1 atom stereocenters. The average Bonchev–Trinajstić information content (AvgIpc) is 3.99. The van der Waals surface area contributed by atoms with Crippen LogP contribution < -0.4 is 30.9 Å². The number of benzene rings is 2. The Morgan fingerprint density at radius 1 is 0.890 bits per heavy atom. The number of nitrogens with one attached hydrogen (secondary N) is 2. The molecule has 4 amide bonds. The Bertz CT molecular complexity index is 3130. The van der Waals surface area contributed by atoms with Crippen LogP contribution in [0.15, 0.2) is 78.4 Å². The van der Waals surface area contributed by atoms with Crippen molar-refractivity contribution in [2.24, 2.45) is 12.5 Å². The standard InChI is InChI=1S/C55H63N11O7/c1-6-47(68)58-41-27-35(57-49-54(72)60(5)31-42(59-49)38-12-17-56-50(40(38)32-67)65-23-22-64-45(52(65)70)26-34-28-55(3,4)29-46(34)64)10-11-43(41)63-21-20-62(30-33(63)2)36-13-18-61(19-14-36)44-9-7-8-39-48(44)53(71)66(51(39)69)37-15-24-73-25-16-37/h6-12,17,26-27,31,33,36-37,67H,1,13-16,18-25,28-30,32H2,2-5H3,(H,57,59)(H,58,68). The van der Waals surface area contributed by atoms with Crippen LogP contribution in [-0.4, -0.2) is 128 Å². The summed E-state index contributed by atoms with van der Waals surface area (Å²) in [6, 6.07) is 15.3. The number of piperazine rings is 1. The molecule has 18 heteroatoms. The van der Waals surface area contributed by atoms with Crippen molar-refractivity contribution in [3.63, 3.8) is 0 Å². The quantitative estimate of drug-likeness (QED) is 0.107. The Balaban J connectivity index is 0.782. The van der Waals surface area contributed by atoms with E-state index in [1.54, 1.807) is 42.5 Å². The second-order valence-corrected chi connectivity index (χ2v) is 21.2. The lowest BCUT2D eigenvalue weighted by molar-refractivity contribution is -0.111. The molecule has 0 radical (unpaired) electrons. The number of carbonyl (C=O) groups is 4. The lowest BCUT2D eigenvalue weighted by Crippen LogP contribution is -2.57. The molecule has 5 aliphatic heterocycles. The van der Waals surface area contributed by atoms with Gasteiger partial charge in [0.05, 0.1) is 40.5 Å². The molecule has 380 valence electrons. The third kappa shape index (κ3) is 8.67. The number of aliphatic hydroxyl groups excluding tert-OH is 1. The van der Waals surface area contributed by atoms with Crippen molar-refractivity contribution in [1.82, 2.24) is 28.9 Å². The molecule has 6 aliphatic rings. The number of aryl methyl sites for hydroxylation is 1. The van der Waals surface area contributed by atoms with Crippen molar-refractivity contribution in [3.8, 4) is 11.3 Å². The molecule has 73 heavy (non-hydrogen) atoms. The Morgan fingerprint density at radius 2 is 1.68 bits per heavy atom. The predicted octanol–water partition coefficient (Wildman–Crippen LogP) is 5.74. The van der Waals surface area contributed by atoms with Crippen LogP contribution in [-0.2, 0) is 42.6 Å². The number of ether oxygens (including phenoxy) is 1. The number of nitrogens with zero attached hydrogens (tertiary/aromatic N) is 9. The van der Waals surface area contributed by atoms with E-state index in [9.17, 15) is 29.1 Å². The zero-order valence-electron chi connectivity index (χ0n) is 42.0. The number of aromatic nitrogens is 4. The molecule has 11 rings (SSSR count). The van der Waals surface area contributed by atoms with Crippen molar-refractivity contribution < 1.29 is 29.0 Å². The summed E-state index contributed by atoms with van der Waals surface area (Å²) in [4.78, 5) is 87.7. The maximum absolute atomic E-state index is 14.1. The molecule has 8 heterocycles. The molecule has 18 nitrogen and oxygen atoms in total. The minimum atomic E-state index is -0.416. The highest BCUT2D eigenvalue weighted by Gasteiger charge is 2.44. The highest BCUT2D eigenvalue weighted by molar-refractivity contribution is 6.24. The zero-order valence-corrected chi connectivity index (χ0v) is 42.0. The number of carbonyl (C=O) groups excluding carboxylic acids is 4. The van der Waals surface area contributed by atoms with Crippen molar-refractivity contribution in [3.05, 3.63) is 118 Å². The Labute approximate surface area is 424 Å². The smallest absolute Gasteiger partial charge is 0.293 e. The minimum absolute atomic E-state index is 0.0297. The Morgan fingerprint density at radius 3 is 2.44 bits per heavy atom. The fourth-order valence-corrected chi connectivity index (χ4v) is 12.3. The van der Waals surface area contributed by atoms with Crippen LogP contribution in [0.5, 0.6) is 0 Å². The Kier molecular flexibility index (Phi) is 12.6. The van der Waals surface area contributed by atoms with Crippen molar-refractivity contribution in [2.75, 3.05) is 77.8 Å². The van der Waals surface area contributed by atoms with Crippen molar-refractivity contribution in [2.45, 2.75) is 90.6 Å². The third-order valence-electron chi connectivity index (χ3n) is 15.9. The fraction of sp³-hybridized carbons (Fsp3) is 0.436. The molecule has 3 saturated heterocycles. The monoisotopic (exact) mass is 989 g/mol. The van der Waals surface area contributed by atoms with Gasteiger partial charge < -0.3 is 39.4 Å². The number of rotatable bonds is 11. The molecule has 0 bridgehead atoms. The van der Waals surface area contributed by atoms with E-state index in [1.807, 2.05) is 30.3 Å². The maximum atomic E-state index is 14.1. The van der Waals surface area contributed by atoms with Gasteiger partial charge in [-0.2, -0.15) is 0 Å². The number of hydrogen-bond acceptors (Lipinski definition) is 13. The van der Waals surface area contributed by atoms with E-state index in [0.717, 1.165) is 63.2 Å². The second-order valence-electron chi connectivity index (χ2n) is 21.2. The van der Waals surface area contributed by atoms with Gasteiger partial charge in [-0.1, -0.05) is 26.5 Å². The first kappa shape index (κ1) is 48.1. The number of piperidine rings is 1. The minimum Gasteiger partial charge on any atom is -0.392 e. The van der Waals surface area contributed by atoms with Crippen molar-refractivity contribution in [1.29, 1.82) is 0 Å². The summed E-state index contributed by atoms with van der Waals surface area (Å²) in [6.45, 7) is 15.9. The second kappa shape index (κ2) is 19.0. The van der Waals surface area contributed by atoms with Gasteiger partial charge in [0.15, 0.2) is 5.82 Å². The highest BCUT2D eigenvalue weighted by atomic mass is 16.5. The third-order valence-corrected chi connectivity index (χ3v) is 15.9. The molecule has 0 saturated carbocycles. The van der Waals surface area contributed by atoms with Crippen LogP contribution in [0.25, 0.3) is 11.3 Å². The van der Waals surface area contributed by atoms with Crippen LogP contribution in [0.3, 0.4) is 0 Å². The van der Waals surface area contributed by atoms with Gasteiger partial charge in [-0.05, 0) is 105 Å². The number of imide groups is 1. The average molecular weight is 990 g/mol.